The molecule has 1 N–H and O–H groups in total. The Morgan fingerprint density at radius 1 is 1.41 bits per heavy atom. The number of carboxylic acid groups (broad SMARTS) is 1. The molecule has 1 unspecified atom stereocenters. The van der Waals surface area contributed by atoms with Crippen LogP contribution in [0.3, 0.4) is 0 Å². The number of hydrogen-bond acceptors (Lipinski definition) is 3. The third kappa shape index (κ3) is 3.82. The van der Waals surface area contributed by atoms with E-state index < -0.39 is 5.97 Å². The molecule has 1 heterocycles. The van der Waals surface area contributed by atoms with Gasteiger partial charge in [0.2, 0.25) is 0 Å². The van der Waals surface area contributed by atoms with Crippen molar-refractivity contribution in [2.75, 3.05) is 6.54 Å². The number of carboxylic acids is 1. The predicted octanol–water partition coefficient (Wildman–Crippen LogP) is 2.33. The van der Waals surface area contributed by atoms with Crippen LogP contribution >= 0.6 is 0 Å². The molecule has 0 spiro atoms. The maximum Gasteiger partial charge on any atom is 0.317 e. The van der Waals surface area contributed by atoms with Crippen molar-refractivity contribution < 1.29 is 9.90 Å². The van der Waals surface area contributed by atoms with Gasteiger partial charge >= 0.3 is 5.97 Å². The van der Waals surface area contributed by atoms with Gasteiger partial charge in [0, 0.05) is 24.0 Å². The van der Waals surface area contributed by atoms with Crippen molar-refractivity contribution in [1.82, 2.24) is 9.88 Å². The SMILES string of the molecule is CC(c1ccncc1)N(CC(=O)O)C(C)(C)C. The lowest BCUT2D eigenvalue weighted by Crippen LogP contribution is -2.45. The van der Waals surface area contributed by atoms with E-state index in [-0.39, 0.29) is 18.1 Å². The minimum Gasteiger partial charge on any atom is -0.480 e. The molecule has 0 radical (unpaired) electrons. The highest BCUT2D eigenvalue weighted by molar-refractivity contribution is 5.69. The number of carbonyl (C=O) groups is 1. The smallest absolute Gasteiger partial charge is 0.317 e. The summed E-state index contributed by atoms with van der Waals surface area (Å²) in [6.07, 6.45) is 3.46. The first-order valence-electron chi connectivity index (χ1n) is 5.71. The monoisotopic (exact) mass is 236 g/mol. The van der Waals surface area contributed by atoms with E-state index in [2.05, 4.69) is 4.98 Å². The molecule has 94 valence electrons. The molecule has 0 aliphatic rings. The standard InChI is InChI=1S/C13H20N2O2/c1-10(11-5-7-14-8-6-11)15(9-12(16)17)13(2,3)4/h5-8,10H,9H2,1-4H3,(H,16,17). The lowest BCUT2D eigenvalue weighted by atomic mass is 9.99. The van der Waals surface area contributed by atoms with Gasteiger partial charge in [0.15, 0.2) is 0 Å². The number of hydrogen-bond donors (Lipinski definition) is 1. The molecule has 0 saturated carbocycles. The van der Waals surface area contributed by atoms with Gasteiger partial charge in [-0.25, -0.2) is 0 Å². The average Bonchev–Trinajstić information content (AvgIpc) is 2.24. The van der Waals surface area contributed by atoms with Crippen molar-refractivity contribution in [3.05, 3.63) is 30.1 Å². The van der Waals surface area contributed by atoms with Gasteiger partial charge in [-0.2, -0.15) is 0 Å². The molecule has 1 atom stereocenters. The summed E-state index contributed by atoms with van der Waals surface area (Å²) in [5, 5.41) is 8.99. The summed E-state index contributed by atoms with van der Waals surface area (Å²) in [7, 11) is 0. The first kappa shape index (κ1) is 13.6. The highest BCUT2D eigenvalue weighted by atomic mass is 16.4. The van der Waals surface area contributed by atoms with Gasteiger partial charge in [-0.05, 0) is 45.4 Å². The van der Waals surface area contributed by atoms with Gasteiger partial charge < -0.3 is 5.11 Å². The van der Waals surface area contributed by atoms with Crippen LogP contribution in [0.15, 0.2) is 24.5 Å². The summed E-state index contributed by atoms with van der Waals surface area (Å²) in [4.78, 5) is 16.9. The largest absolute Gasteiger partial charge is 0.480 e. The van der Waals surface area contributed by atoms with Crippen LogP contribution in [0.4, 0.5) is 0 Å². The summed E-state index contributed by atoms with van der Waals surface area (Å²) in [6, 6.07) is 3.89. The molecular formula is C13H20N2O2. The van der Waals surface area contributed by atoms with Crippen molar-refractivity contribution in [3.8, 4) is 0 Å². The molecule has 0 amide bonds. The predicted molar refractivity (Wildman–Crippen MR) is 66.7 cm³/mol. The number of nitrogens with zero attached hydrogens (tertiary/aromatic N) is 2. The Balaban J connectivity index is 2.95. The van der Waals surface area contributed by atoms with Crippen LogP contribution in [0.1, 0.15) is 39.3 Å². The second kappa shape index (κ2) is 5.27. The summed E-state index contributed by atoms with van der Waals surface area (Å²) in [5.74, 6) is -0.805. The van der Waals surface area contributed by atoms with Crippen molar-refractivity contribution in [3.63, 3.8) is 0 Å². The van der Waals surface area contributed by atoms with E-state index in [0.717, 1.165) is 5.56 Å². The maximum absolute atomic E-state index is 10.9. The van der Waals surface area contributed by atoms with Crippen molar-refractivity contribution in [2.24, 2.45) is 0 Å². The second-order valence-corrected chi connectivity index (χ2v) is 5.15. The molecule has 0 aromatic carbocycles. The first-order valence-corrected chi connectivity index (χ1v) is 5.71. The fourth-order valence-corrected chi connectivity index (χ4v) is 1.92. The Kier molecular flexibility index (Phi) is 4.23. The third-order valence-corrected chi connectivity index (χ3v) is 2.82. The number of rotatable bonds is 4. The zero-order valence-electron chi connectivity index (χ0n) is 10.8. The van der Waals surface area contributed by atoms with Gasteiger partial charge in [0.1, 0.15) is 0 Å². The van der Waals surface area contributed by atoms with Crippen LogP contribution in [0.25, 0.3) is 0 Å². The molecule has 1 rings (SSSR count). The topological polar surface area (TPSA) is 53.4 Å². The number of aliphatic carboxylic acids is 1. The Morgan fingerprint density at radius 2 is 1.94 bits per heavy atom. The van der Waals surface area contributed by atoms with E-state index in [1.165, 1.54) is 0 Å². The quantitative estimate of drug-likeness (QED) is 0.871. The zero-order valence-corrected chi connectivity index (χ0v) is 10.8. The fourth-order valence-electron chi connectivity index (χ4n) is 1.92. The van der Waals surface area contributed by atoms with Gasteiger partial charge in [0.05, 0.1) is 6.54 Å². The molecule has 0 fully saturated rings. The maximum atomic E-state index is 10.9. The molecule has 4 heteroatoms. The second-order valence-electron chi connectivity index (χ2n) is 5.15. The first-order chi connectivity index (χ1) is 7.82. The lowest BCUT2D eigenvalue weighted by molar-refractivity contribution is -0.140. The summed E-state index contributed by atoms with van der Waals surface area (Å²) < 4.78 is 0. The van der Waals surface area contributed by atoms with E-state index in [1.54, 1.807) is 12.4 Å². The van der Waals surface area contributed by atoms with E-state index in [1.807, 2.05) is 44.7 Å². The number of pyridine rings is 1. The third-order valence-electron chi connectivity index (χ3n) is 2.82. The minimum absolute atomic E-state index is 0.0347. The van der Waals surface area contributed by atoms with E-state index >= 15 is 0 Å². The van der Waals surface area contributed by atoms with Crippen LogP contribution in [-0.4, -0.2) is 33.0 Å². The molecule has 0 aliphatic carbocycles. The van der Waals surface area contributed by atoms with Gasteiger partial charge in [0.25, 0.3) is 0 Å². The highest BCUT2D eigenvalue weighted by Gasteiger charge is 2.28. The molecule has 4 nitrogen and oxygen atoms in total. The molecule has 0 aliphatic heterocycles. The van der Waals surface area contributed by atoms with Crippen LogP contribution in [-0.2, 0) is 4.79 Å². The number of aromatic nitrogens is 1. The Labute approximate surface area is 102 Å². The minimum atomic E-state index is -0.805. The summed E-state index contributed by atoms with van der Waals surface area (Å²) >= 11 is 0. The molecule has 0 saturated heterocycles. The van der Waals surface area contributed by atoms with E-state index in [0.29, 0.717) is 0 Å². The molecule has 1 aromatic rings. The molecule has 17 heavy (non-hydrogen) atoms. The highest BCUT2D eigenvalue weighted by Crippen LogP contribution is 2.27. The molecular weight excluding hydrogens is 216 g/mol. The van der Waals surface area contributed by atoms with Crippen LogP contribution < -0.4 is 0 Å². The average molecular weight is 236 g/mol. The molecule has 1 aromatic heterocycles. The van der Waals surface area contributed by atoms with E-state index in [4.69, 9.17) is 5.11 Å². The van der Waals surface area contributed by atoms with Crippen molar-refractivity contribution in [2.45, 2.75) is 39.3 Å². The van der Waals surface area contributed by atoms with Crippen LogP contribution in [0.5, 0.6) is 0 Å². The Bertz CT molecular complexity index is 371. The van der Waals surface area contributed by atoms with E-state index in [9.17, 15) is 4.79 Å². The summed E-state index contributed by atoms with van der Waals surface area (Å²) in [6.45, 7) is 8.12. The van der Waals surface area contributed by atoms with Crippen LogP contribution in [0.2, 0.25) is 0 Å². The Morgan fingerprint density at radius 3 is 2.35 bits per heavy atom. The van der Waals surface area contributed by atoms with Crippen LogP contribution in [0, 0.1) is 0 Å². The lowest BCUT2D eigenvalue weighted by Gasteiger charge is -2.39. The van der Waals surface area contributed by atoms with Gasteiger partial charge in [-0.15, -0.1) is 0 Å². The Hall–Kier alpha value is -1.42. The van der Waals surface area contributed by atoms with Gasteiger partial charge in [-0.3, -0.25) is 14.7 Å². The zero-order chi connectivity index (χ0) is 13.1. The van der Waals surface area contributed by atoms with Crippen molar-refractivity contribution >= 4 is 5.97 Å². The van der Waals surface area contributed by atoms with Crippen molar-refractivity contribution in [1.29, 1.82) is 0 Å². The normalized spacial score (nSPS) is 13.7. The molecule has 0 bridgehead atoms. The van der Waals surface area contributed by atoms with Gasteiger partial charge in [-0.1, -0.05) is 0 Å². The summed E-state index contributed by atoms with van der Waals surface area (Å²) in [5.41, 5.74) is 0.886. The fraction of sp³-hybridized carbons (Fsp3) is 0.538.